The molecule has 0 bridgehead atoms. The van der Waals surface area contributed by atoms with E-state index in [9.17, 15) is 0 Å². The molecule has 5 heteroatoms. The number of fused-ring (bicyclic) bond motifs is 1. The minimum atomic E-state index is -0.680. The smallest absolute Gasteiger partial charge is 0.190 e. The highest BCUT2D eigenvalue weighted by Crippen LogP contribution is 2.41. The first-order valence-electron chi connectivity index (χ1n) is 10.9. The molecule has 0 saturated carbocycles. The standard InChI is InChI=1S/C26H29NO4/c1-26(2)30-24-23(28-18-20-13-7-4-8-14-20)22(29-25(24)31-26)21-15-9-10-16-27(21)17-19-11-5-3-6-12-19/h3-16,21-25H,17-18H2,1-2H3/t21-,22+,23-,24+,25+/m0/s1. The molecule has 3 aliphatic heterocycles. The third-order valence-electron chi connectivity index (χ3n) is 5.94. The Hall–Kier alpha value is -2.44. The molecule has 2 saturated heterocycles. The van der Waals surface area contributed by atoms with Gasteiger partial charge in [-0.3, -0.25) is 0 Å². The van der Waals surface area contributed by atoms with Gasteiger partial charge in [-0.05, 0) is 31.1 Å². The van der Waals surface area contributed by atoms with Crippen LogP contribution in [-0.2, 0) is 32.1 Å². The van der Waals surface area contributed by atoms with E-state index in [0.29, 0.717) is 6.61 Å². The predicted molar refractivity (Wildman–Crippen MR) is 118 cm³/mol. The molecule has 3 aliphatic rings. The lowest BCUT2D eigenvalue weighted by Gasteiger charge is -2.37. The van der Waals surface area contributed by atoms with Crippen LogP contribution in [0.2, 0.25) is 0 Å². The number of benzene rings is 2. The molecule has 0 amide bonds. The van der Waals surface area contributed by atoms with Crippen molar-refractivity contribution in [1.82, 2.24) is 4.90 Å². The molecule has 5 rings (SSSR count). The van der Waals surface area contributed by atoms with Crippen molar-refractivity contribution in [2.45, 2.75) is 63.4 Å². The number of rotatable bonds is 6. The fraction of sp³-hybridized carbons (Fsp3) is 0.385. The van der Waals surface area contributed by atoms with E-state index in [4.69, 9.17) is 18.9 Å². The Morgan fingerprint density at radius 1 is 0.871 bits per heavy atom. The molecule has 0 aliphatic carbocycles. The minimum absolute atomic E-state index is 0.0203. The first-order valence-corrected chi connectivity index (χ1v) is 10.9. The third-order valence-corrected chi connectivity index (χ3v) is 5.94. The molecule has 2 aromatic carbocycles. The lowest BCUT2D eigenvalue weighted by Crippen LogP contribution is -2.48. The first kappa shape index (κ1) is 20.5. The van der Waals surface area contributed by atoms with Crippen molar-refractivity contribution in [3.05, 3.63) is 96.2 Å². The highest BCUT2D eigenvalue weighted by molar-refractivity contribution is 5.21. The summed E-state index contributed by atoms with van der Waals surface area (Å²) in [7, 11) is 0. The Kier molecular flexibility index (Phi) is 5.67. The number of hydrogen-bond acceptors (Lipinski definition) is 5. The van der Waals surface area contributed by atoms with Crippen molar-refractivity contribution < 1.29 is 18.9 Å². The summed E-state index contributed by atoms with van der Waals surface area (Å²) in [6.07, 6.45) is 7.29. The van der Waals surface area contributed by atoms with E-state index in [1.165, 1.54) is 5.56 Å². The van der Waals surface area contributed by atoms with E-state index in [2.05, 4.69) is 65.7 Å². The van der Waals surface area contributed by atoms with Crippen LogP contribution < -0.4 is 0 Å². The van der Waals surface area contributed by atoms with Gasteiger partial charge in [-0.2, -0.15) is 0 Å². The van der Waals surface area contributed by atoms with Gasteiger partial charge in [0.05, 0.1) is 12.6 Å². The summed E-state index contributed by atoms with van der Waals surface area (Å²) in [6.45, 7) is 5.13. The highest BCUT2D eigenvalue weighted by atomic mass is 16.8. The topological polar surface area (TPSA) is 40.2 Å². The van der Waals surface area contributed by atoms with Crippen LogP contribution in [0.3, 0.4) is 0 Å². The summed E-state index contributed by atoms with van der Waals surface area (Å²) in [4.78, 5) is 2.30. The van der Waals surface area contributed by atoms with Crippen molar-refractivity contribution in [2.24, 2.45) is 0 Å². The molecule has 2 fully saturated rings. The molecule has 162 valence electrons. The third kappa shape index (κ3) is 4.46. The van der Waals surface area contributed by atoms with Crippen LogP contribution in [0, 0.1) is 0 Å². The molecule has 3 heterocycles. The fourth-order valence-corrected chi connectivity index (χ4v) is 4.53. The van der Waals surface area contributed by atoms with E-state index in [-0.39, 0.29) is 24.4 Å². The van der Waals surface area contributed by atoms with Gasteiger partial charge in [0.25, 0.3) is 0 Å². The average molecular weight is 420 g/mol. The summed E-state index contributed by atoms with van der Waals surface area (Å²) < 4.78 is 25.1. The fourth-order valence-electron chi connectivity index (χ4n) is 4.53. The van der Waals surface area contributed by atoms with Gasteiger partial charge in [-0.1, -0.05) is 72.8 Å². The van der Waals surface area contributed by atoms with Crippen LogP contribution in [0.25, 0.3) is 0 Å². The maximum Gasteiger partial charge on any atom is 0.190 e. The van der Waals surface area contributed by atoms with Crippen molar-refractivity contribution in [1.29, 1.82) is 0 Å². The van der Waals surface area contributed by atoms with Crippen LogP contribution >= 0.6 is 0 Å². The van der Waals surface area contributed by atoms with E-state index in [1.54, 1.807) is 0 Å². The lowest BCUT2D eigenvalue weighted by atomic mass is 9.99. The summed E-state index contributed by atoms with van der Waals surface area (Å²) >= 11 is 0. The molecule has 0 radical (unpaired) electrons. The molecule has 5 nitrogen and oxygen atoms in total. The molecule has 0 unspecified atom stereocenters. The molecule has 2 aromatic rings. The zero-order valence-corrected chi connectivity index (χ0v) is 18.0. The Labute approximate surface area is 183 Å². The largest absolute Gasteiger partial charge is 0.368 e. The molecular formula is C26H29NO4. The zero-order chi connectivity index (χ0) is 21.3. The molecule has 0 spiro atoms. The van der Waals surface area contributed by atoms with Crippen LogP contribution in [0.4, 0.5) is 0 Å². The van der Waals surface area contributed by atoms with Crippen molar-refractivity contribution >= 4 is 0 Å². The van der Waals surface area contributed by atoms with Crippen LogP contribution in [0.1, 0.15) is 25.0 Å². The normalized spacial score (nSPS) is 31.2. The number of allylic oxidation sites excluding steroid dienone is 2. The second kappa shape index (κ2) is 8.60. The number of nitrogens with zero attached hydrogens (tertiary/aromatic N) is 1. The summed E-state index contributed by atoms with van der Waals surface area (Å²) in [5, 5.41) is 0. The molecular weight excluding hydrogens is 390 g/mol. The second-order valence-electron chi connectivity index (χ2n) is 8.71. The van der Waals surface area contributed by atoms with Gasteiger partial charge in [0.2, 0.25) is 0 Å². The molecule has 5 atom stereocenters. The summed E-state index contributed by atoms with van der Waals surface area (Å²) in [5.74, 6) is -0.680. The van der Waals surface area contributed by atoms with E-state index < -0.39 is 12.1 Å². The maximum atomic E-state index is 6.45. The number of hydrogen-bond donors (Lipinski definition) is 0. The highest BCUT2D eigenvalue weighted by Gasteiger charge is 2.57. The van der Waals surface area contributed by atoms with E-state index in [0.717, 1.165) is 12.1 Å². The lowest BCUT2D eigenvalue weighted by molar-refractivity contribution is -0.223. The Morgan fingerprint density at radius 2 is 1.58 bits per heavy atom. The van der Waals surface area contributed by atoms with Crippen LogP contribution in [0.5, 0.6) is 0 Å². The van der Waals surface area contributed by atoms with Crippen LogP contribution in [-0.4, -0.2) is 41.3 Å². The van der Waals surface area contributed by atoms with Gasteiger partial charge in [-0.15, -0.1) is 0 Å². The summed E-state index contributed by atoms with van der Waals surface area (Å²) in [5.41, 5.74) is 2.38. The molecule has 31 heavy (non-hydrogen) atoms. The van der Waals surface area contributed by atoms with E-state index in [1.807, 2.05) is 38.1 Å². The van der Waals surface area contributed by atoms with Gasteiger partial charge in [0.1, 0.15) is 18.3 Å². The maximum absolute atomic E-state index is 6.45. The van der Waals surface area contributed by atoms with Crippen molar-refractivity contribution in [3.8, 4) is 0 Å². The van der Waals surface area contributed by atoms with E-state index >= 15 is 0 Å². The zero-order valence-electron chi connectivity index (χ0n) is 18.0. The summed E-state index contributed by atoms with van der Waals surface area (Å²) in [6, 6.07) is 20.7. The molecule has 0 aromatic heterocycles. The van der Waals surface area contributed by atoms with Gasteiger partial charge in [-0.25, -0.2) is 0 Å². The minimum Gasteiger partial charge on any atom is -0.368 e. The Morgan fingerprint density at radius 3 is 2.32 bits per heavy atom. The van der Waals surface area contributed by atoms with Crippen molar-refractivity contribution in [3.63, 3.8) is 0 Å². The van der Waals surface area contributed by atoms with Gasteiger partial charge < -0.3 is 23.8 Å². The van der Waals surface area contributed by atoms with Gasteiger partial charge in [0.15, 0.2) is 12.1 Å². The van der Waals surface area contributed by atoms with Gasteiger partial charge >= 0.3 is 0 Å². The Balaban J connectivity index is 1.37. The van der Waals surface area contributed by atoms with Crippen LogP contribution in [0.15, 0.2) is 85.1 Å². The monoisotopic (exact) mass is 419 g/mol. The average Bonchev–Trinajstić information content (AvgIpc) is 3.25. The number of ether oxygens (including phenoxy) is 4. The second-order valence-corrected chi connectivity index (χ2v) is 8.71. The molecule has 0 N–H and O–H groups in total. The van der Waals surface area contributed by atoms with Gasteiger partial charge in [0, 0.05) is 12.7 Å². The SMILES string of the molecule is CC1(C)O[C@H]2O[C@H]([C@@H]3C=CC=CN3Cc3ccccc3)[C@H](OCc3ccccc3)[C@H]2O1. The predicted octanol–water partition coefficient (Wildman–Crippen LogP) is 4.40. The quantitative estimate of drug-likeness (QED) is 0.694. The first-order chi connectivity index (χ1) is 15.1. The Bertz CT molecular complexity index is 927. The van der Waals surface area contributed by atoms with Crippen molar-refractivity contribution in [2.75, 3.05) is 0 Å².